The SMILES string of the molecule is C=C(C)C(=O)OC1CCCC(C(CC)(CC)OC2(C)COC(O)(C(F)(F)F)C2(F)F)C1. The maximum absolute atomic E-state index is 14.9. The molecule has 1 N–H and O–H groups in total. The fourth-order valence-electron chi connectivity index (χ4n) is 4.62. The molecule has 2 aliphatic rings. The summed E-state index contributed by atoms with van der Waals surface area (Å²) < 4.78 is 85.0. The average Bonchev–Trinajstić information content (AvgIpc) is 2.87. The number of carbonyl (C=O) groups excluding carboxylic acids is 1. The molecule has 5 nitrogen and oxygen atoms in total. The van der Waals surface area contributed by atoms with E-state index in [-0.39, 0.29) is 24.3 Å². The van der Waals surface area contributed by atoms with Gasteiger partial charge in [-0.2, -0.15) is 22.0 Å². The van der Waals surface area contributed by atoms with E-state index in [1.165, 1.54) is 6.92 Å². The molecule has 1 saturated heterocycles. The lowest BCUT2D eigenvalue weighted by Crippen LogP contribution is -2.65. The van der Waals surface area contributed by atoms with Crippen molar-refractivity contribution in [3.05, 3.63) is 12.2 Å². The van der Waals surface area contributed by atoms with Gasteiger partial charge >= 0.3 is 23.9 Å². The van der Waals surface area contributed by atoms with E-state index in [9.17, 15) is 31.9 Å². The molecule has 10 heteroatoms. The first-order chi connectivity index (χ1) is 14.1. The molecular formula is C21H31F5O5. The average molecular weight is 458 g/mol. The number of carbonyl (C=O) groups is 1. The lowest BCUT2D eigenvalue weighted by atomic mass is 9.72. The Morgan fingerprint density at radius 1 is 1.23 bits per heavy atom. The Balaban J connectivity index is 2.31. The first-order valence-electron chi connectivity index (χ1n) is 10.5. The van der Waals surface area contributed by atoms with Crippen LogP contribution in [0.15, 0.2) is 12.2 Å². The van der Waals surface area contributed by atoms with Gasteiger partial charge in [0.05, 0.1) is 12.2 Å². The number of esters is 1. The third-order valence-corrected chi connectivity index (χ3v) is 6.65. The van der Waals surface area contributed by atoms with Gasteiger partial charge < -0.3 is 19.3 Å². The molecule has 2 fully saturated rings. The van der Waals surface area contributed by atoms with Gasteiger partial charge in [-0.25, -0.2) is 4.79 Å². The monoisotopic (exact) mass is 458 g/mol. The van der Waals surface area contributed by atoms with Crippen molar-refractivity contribution in [3.8, 4) is 0 Å². The predicted molar refractivity (Wildman–Crippen MR) is 101 cm³/mol. The van der Waals surface area contributed by atoms with Crippen LogP contribution in [0.3, 0.4) is 0 Å². The van der Waals surface area contributed by atoms with E-state index in [2.05, 4.69) is 11.3 Å². The molecule has 1 heterocycles. The number of halogens is 5. The van der Waals surface area contributed by atoms with E-state index in [0.717, 1.165) is 6.92 Å². The minimum Gasteiger partial charge on any atom is -0.459 e. The standard InChI is InChI=1S/C21H31F5O5/c1-6-18(7-2,14-9-8-10-15(11-14)30-16(27)13(3)4)31-17(5)12-29-20(28,19(17,22)23)21(24,25)26/h14-15,28H,3,6-12H2,1-2,4-5H3. The summed E-state index contributed by atoms with van der Waals surface area (Å²) in [5, 5.41) is 9.69. The molecule has 1 saturated carbocycles. The lowest BCUT2D eigenvalue weighted by molar-refractivity contribution is -0.413. The third-order valence-electron chi connectivity index (χ3n) is 6.65. The molecule has 0 spiro atoms. The molecule has 4 atom stereocenters. The predicted octanol–water partition coefficient (Wildman–Crippen LogP) is 4.92. The second kappa shape index (κ2) is 8.59. The Morgan fingerprint density at radius 3 is 2.26 bits per heavy atom. The summed E-state index contributed by atoms with van der Waals surface area (Å²) in [6.45, 7) is 8.17. The Bertz CT molecular complexity index is 690. The highest BCUT2D eigenvalue weighted by molar-refractivity contribution is 5.87. The van der Waals surface area contributed by atoms with Crippen molar-refractivity contribution >= 4 is 5.97 Å². The second-order valence-corrected chi connectivity index (χ2v) is 8.78. The van der Waals surface area contributed by atoms with Crippen LogP contribution in [-0.2, 0) is 19.0 Å². The van der Waals surface area contributed by atoms with Crippen molar-refractivity contribution in [2.45, 2.75) is 101 Å². The van der Waals surface area contributed by atoms with E-state index in [0.29, 0.717) is 25.7 Å². The minimum absolute atomic E-state index is 0.234. The van der Waals surface area contributed by atoms with Crippen LogP contribution in [0, 0.1) is 5.92 Å². The molecule has 0 aromatic rings. The van der Waals surface area contributed by atoms with Crippen molar-refractivity contribution in [1.29, 1.82) is 0 Å². The van der Waals surface area contributed by atoms with Crippen LogP contribution in [0.2, 0.25) is 0 Å². The molecule has 180 valence electrons. The van der Waals surface area contributed by atoms with Crippen LogP contribution in [0.5, 0.6) is 0 Å². The van der Waals surface area contributed by atoms with Gasteiger partial charge in [-0.3, -0.25) is 0 Å². The number of hydrogen-bond acceptors (Lipinski definition) is 5. The summed E-state index contributed by atoms with van der Waals surface area (Å²) in [5.41, 5.74) is -3.69. The summed E-state index contributed by atoms with van der Waals surface area (Å²) in [6.07, 6.45) is -3.56. The zero-order valence-corrected chi connectivity index (χ0v) is 18.3. The van der Waals surface area contributed by atoms with Crippen LogP contribution in [0.1, 0.15) is 66.2 Å². The Kier molecular flexibility index (Phi) is 7.20. The Hall–Kier alpha value is -1.26. The molecule has 0 aromatic carbocycles. The van der Waals surface area contributed by atoms with E-state index >= 15 is 0 Å². The van der Waals surface area contributed by atoms with E-state index in [4.69, 9.17) is 9.47 Å². The molecule has 4 unspecified atom stereocenters. The fourth-order valence-corrected chi connectivity index (χ4v) is 4.62. The van der Waals surface area contributed by atoms with Gasteiger partial charge in [0.25, 0.3) is 0 Å². The molecular weight excluding hydrogens is 427 g/mol. The first-order valence-corrected chi connectivity index (χ1v) is 10.5. The molecule has 2 rings (SSSR count). The molecule has 0 radical (unpaired) electrons. The molecule has 0 amide bonds. The zero-order valence-electron chi connectivity index (χ0n) is 18.3. The van der Waals surface area contributed by atoms with E-state index in [1.54, 1.807) is 13.8 Å². The second-order valence-electron chi connectivity index (χ2n) is 8.78. The minimum atomic E-state index is -5.70. The third kappa shape index (κ3) is 4.35. The van der Waals surface area contributed by atoms with Crippen molar-refractivity contribution in [2.75, 3.05) is 6.61 Å². The van der Waals surface area contributed by atoms with Crippen LogP contribution < -0.4 is 0 Å². The maximum Gasteiger partial charge on any atom is 0.449 e. The van der Waals surface area contributed by atoms with Crippen molar-refractivity contribution < 1.29 is 46.1 Å². The van der Waals surface area contributed by atoms with Crippen LogP contribution in [0.25, 0.3) is 0 Å². The van der Waals surface area contributed by atoms with E-state index in [1.807, 2.05) is 0 Å². The summed E-state index contributed by atoms with van der Waals surface area (Å²) in [4.78, 5) is 11.9. The summed E-state index contributed by atoms with van der Waals surface area (Å²) in [7, 11) is 0. The lowest BCUT2D eigenvalue weighted by Gasteiger charge is -2.48. The van der Waals surface area contributed by atoms with Gasteiger partial charge in [0.1, 0.15) is 6.10 Å². The number of alkyl halides is 5. The quantitative estimate of drug-likeness (QED) is 0.334. The first kappa shape index (κ1) is 26.0. The highest BCUT2D eigenvalue weighted by Crippen LogP contribution is 2.57. The normalized spacial score (nSPS) is 33.9. The number of rotatable bonds is 7. The highest BCUT2D eigenvalue weighted by Gasteiger charge is 2.82. The van der Waals surface area contributed by atoms with Gasteiger partial charge in [0.15, 0.2) is 5.60 Å². The van der Waals surface area contributed by atoms with Gasteiger partial charge in [-0.15, -0.1) is 0 Å². The summed E-state index contributed by atoms with van der Waals surface area (Å²) in [6, 6.07) is 0. The zero-order chi connectivity index (χ0) is 23.9. The largest absolute Gasteiger partial charge is 0.459 e. The van der Waals surface area contributed by atoms with Crippen molar-refractivity contribution in [3.63, 3.8) is 0 Å². The molecule has 31 heavy (non-hydrogen) atoms. The van der Waals surface area contributed by atoms with Gasteiger partial charge in [-0.1, -0.05) is 20.4 Å². The molecule has 0 bridgehead atoms. The van der Waals surface area contributed by atoms with Gasteiger partial charge in [0.2, 0.25) is 0 Å². The molecule has 1 aliphatic carbocycles. The highest BCUT2D eigenvalue weighted by atomic mass is 19.4. The van der Waals surface area contributed by atoms with Crippen LogP contribution in [-0.4, -0.2) is 52.9 Å². The molecule has 1 aliphatic heterocycles. The number of hydrogen-bond donors (Lipinski definition) is 1. The van der Waals surface area contributed by atoms with Crippen molar-refractivity contribution in [2.24, 2.45) is 5.92 Å². The maximum atomic E-state index is 14.9. The fraction of sp³-hybridized carbons (Fsp3) is 0.857. The van der Waals surface area contributed by atoms with E-state index < -0.39 is 47.8 Å². The van der Waals surface area contributed by atoms with Crippen molar-refractivity contribution in [1.82, 2.24) is 0 Å². The number of aliphatic hydroxyl groups is 1. The number of ether oxygens (including phenoxy) is 3. The van der Waals surface area contributed by atoms with Gasteiger partial charge in [-0.05, 0) is 58.3 Å². The topological polar surface area (TPSA) is 65.0 Å². The van der Waals surface area contributed by atoms with Crippen LogP contribution in [0.4, 0.5) is 22.0 Å². The Labute approximate surface area is 178 Å². The smallest absolute Gasteiger partial charge is 0.449 e. The summed E-state index contributed by atoms with van der Waals surface area (Å²) in [5.74, 6) is -10.3. The van der Waals surface area contributed by atoms with Crippen LogP contribution >= 0.6 is 0 Å². The Morgan fingerprint density at radius 2 is 1.81 bits per heavy atom. The van der Waals surface area contributed by atoms with Gasteiger partial charge in [0, 0.05) is 5.57 Å². The summed E-state index contributed by atoms with van der Waals surface area (Å²) >= 11 is 0. The molecule has 0 aromatic heterocycles.